The van der Waals surface area contributed by atoms with Crippen molar-refractivity contribution in [1.82, 2.24) is 19.6 Å². The van der Waals surface area contributed by atoms with Gasteiger partial charge in [0.15, 0.2) is 5.16 Å². The Morgan fingerprint density at radius 1 is 1.19 bits per heavy atom. The minimum atomic E-state index is -0.566. The van der Waals surface area contributed by atoms with Crippen LogP contribution in [-0.2, 0) is 9.59 Å². The monoisotopic (exact) mass is 401 g/mol. The summed E-state index contributed by atoms with van der Waals surface area (Å²) in [6.45, 7) is 5.61. The fourth-order valence-corrected chi connectivity index (χ4v) is 4.47. The van der Waals surface area contributed by atoms with Crippen molar-refractivity contribution in [2.24, 2.45) is 0 Å². The molecular formula is C18H16ClN5O2S. The maximum absolute atomic E-state index is 12.9. The summed E-state index contributed by atoms with van der Waals surface area (Å²) < 4.78 is 1.79. The van der Waals surface area contributed by atoms with Crippen LogP contribution < -0.4 is 4.90 Å². The third-order valence-electron chi connectivity index (χ3n) is 4.50. The number of nitrogens with zero attached hydrogens (tertiary/aromatic N) is 5. The molecule has 7 nitrogen and oxygen atoms in total. The summed E-state index contributed by atoms with van der Waals surface area (Å²) in [5.74, 6) is -0.0402. The van der Waals surface area contributed by atoms with Gasteiger partial charge in [-0.25, -0.2) is 9.88 Å². The lowest BCUT2D eigenvalue weighted by Crippen LogP contribution is -2.31. The van der Waals surface area contributed by atoms with E-state index in [1.807, 2.05) is 19.9 Å². The highest BCUT2D eigenvalue weighted by Gasteiger charge is 2.41. The second-order valence-electron chi connectivity index (χ2n) is 6.42. The summed E-state index contributed by atoms with van der Waals surface area (Å²) in [5.41, 5.74) is 3.00. The van der Waals surface area contributed by atoms with Crippen molar-refractivity contribution in [2.45, 2.75) is 37.6 Å². The average molecular weight is 402 g/mol. The van der Waals surface area contributed by atoms with Gasteiger partial charge >= 0.3 is 0 Å². The number of carbonyl (C=O) groups excluding carboxylic acids is 2. The SMILES string of the molecule is Cc1cc(C)n2c(S[C@H]3CC(=O)N(c4cccc(Cl)c4C)C3=O)nnc2n1. The minimum absolute atomic E-state index is 0.0999. The number of anilines is 1. The fraction of sp³-hybridized carbons (Fsp3) is 0.278. The molecule has 3 aromatic rings. The molecule has 27 heavy (non-hydrogen) atoms. The maximum atomic E-state index is 12.9. The zero-order valence-corrected chi connectivity index (χ0v) is 16.5. The van der Waals surface area contributed by atoms with Gasteiger partial charge in [0.25, 0.3) is 5.78 Å². The molecule has 1 aliphatic rings. The van der Waals surface area contributed by atoms with Gasteiger partial charge in [0.1, 0.15) is 5.25 Å². The Hall–Kier alpha value is -2.45. The lowest BCUT2D eigenvalue weighted by molar-refractivity contribution is -0.121. The molecule has 0 unspecified atom stereocenters. The van der Waals surface area contributed by atoms with Crippen molar-refractivity contribution in [2.75, 3.05) is 4.90 Å². The summed E-state index contributed by atoms with van der Waals surface area (Å²) >= 11 is 7.38. The van der Waals surface area contributed by atoms with Crippen LogP contribution in [-0.4, -0.2) is 36.6 Å². The molecule has 1 saturated heterocycles. The number of benzene rings is 1. The van der Waals surface area contributed by atoms with Crippen LogP contribution in [0.3, 0.4) is 0 Å². The molecule has 2 amide bonds. The molecule has 1 atom stereocenters. The topological polar surface area (TPSA) is 80.5 Å². The number of carbonyl (C=O) groups is 2. The molecule has 0 spiro atoms. The molecule has 0 N–H and O–H groups in total. The van der Waals surface area contributed by atoms with Gasteiger partial charge in [-0.05, 0) is 44.5 Å². The van der Waals surface area contributed by atoms with E-state index in [0.717, 1.165) is 11.4 Å². The molecule has 3 heterocycles. The molecule has 0 aliphatic carbocycles. The number of amides is 2. The van der Waals surface area contributed by atoms with E-state index in [1.54, 1.807) is 29.5 Å². The van der Waals surface area contributed by atoms with Gasteiger partial charge in [-0.3, -0.25) is 14.0 Å². The third kappa shape index (κ3) is 2.98. The van der Waals surface area contributed by atoms with Gasteiger partial charge in [-0.1, -0.05) is 29.4 Å². The maximum Gasteiger partial charge on any atom is 0.256 e. The first-order valence-corrected chi connectivity index (χ1v) is 9.60. The quantitative estimate of drug-likeness (QED) is 0.627. The normalized spacial score (nSPS) is 17.3. The van der Waals surface area contributed by atoms with E-state index < -0.39 is 5.25 Å². The summed E-state index contributed by atoms with van der Waals surface area (Å²) in [7, 11) is 0. The molecule has 9 heteroatoms. The molecule has 138 valence electrons. The predicted molar refractivity (Wildman–Crippen MR) is 103 cm³/mol. The standard InChI is InChI=1S/C18H16ClN5O2S/c1-9-7-10(2)23-17(20-9)21-22-18(23)27-14-8-15(25)24(16(14)26)13-6-4-5-12(19)11(13)3/h4-7,14H,8H2,1-3H3/t14-/m0/s1. The molecule has 4 rings (SSSR count). The Labute approximate surface area is 164 Å². The summed E-state index contributed by atoms with van der Waals surface area (Å²) in [6.07, 6.45) is 0.0999. The number of aromatic nitrogens is 4. The fourth-order valence-electron chi connectivity index (χ4n) is 3.19. The van der Waals surface area contributed by atoms with Crippen LogP contribution in [0.15, 0.2) is 29.4 Å². The number of thioether (sulfide) groups is 1. The van der Waals surface area contributed by atoms with Gasteiger partial charge < -0.3 is 0 Å². The van der Waals surface area contributed by atoms with E-state index >= 15 is 0 Å². The van der Waals surface area contributed by atoms with E-state index in [0.29, 0.717) is 27.2 Å². The number of rotatable bonds is 3. The number of halogens is 1. The van der Waals surface area contributed by atoms with Crippen molar-refractivity contribution in [3.63, 3.8) is 0 Å². The highest BCUT2D eigenvalue weighted by Crippen LogP contribution is 2.36. The number of imide groups is 1. The van der Waals surface area contributed by atoms with Crippen molar-refractivity contribution >= 4 is 46.6 Å². The van der Waals surface area contributed by atoms with Crippen LogP contribution in [0.4, 0.5) is 5.69 Å². The van der Waals surface area contributed by atoms with Crippen LogP contribution >= 0.6 is 23.4 Å². The van der Waals surface area contributed by atoms with Crippen molar-refractivity contribution in [1.29, 1.82) is 0 Å². The third-order valence-corrected chi connectivity index (χ3v) is 6.03. The Morgan fingerprint density at radius 2 is 1.96 bits per heavy atom. The van der Waals surface area contributed by atoms with E-state index in [1.165, 1.54) is 16.7 Å². The Bertz CT molecular complexity index is 1100. The number of hydrogen-bond donors (Lipinski definition) is 0. The van der Waals surface area contributed by atoms with Gasteiger partial charge in [-0.2, -0.15) is 0 Å². The predicted octanol–water partition coefficient (Wildman–Crippen LogP) is 3.13. The number of fused-ring (bicyclic) bond motifs is 1. The Balaban J connectivity index is 1.66. The molecule has 0 radical (unpaired) electrons. The molecular weight excluding hydrogens is 386 g/mol. The first kappa shape index (κ1) is 17.9. The highest BCUT2D eigenvalue weighted by atomic mass is 35.5. The van der Waals surface area contributed by atoms with Crippen molar-refractivity contribution < 1.29 is 9.59 Å². The van der Waals surface area contributed by atoms with Crippen molar-refractivity contribution in [3.8, 4) is 0 Å². The average Bonchev–Trinajstić information content (AvgIpc) is 3.12. The number of aryl methyl sites for hydroxylation is 2. The second-order valence-corrected chi connectivity index (χ2v) is 8.00. The van der Waals surface area contributed by atoms with Crippen LogP contribution in [0.25, 0.3) is 5.78 Å². The second kappa shape index (κ2) is 6.61. The minimum Gasteiger partial charge on any atom is -0.274 e. The van der Waals surface area contributed by atoms with Gasteiger partial charge in [0.2, 0.25) is 11.8 Å². The van der Waals surface area contributed by atoms with Gasteiger partial charge in [0, 0.05) is 22.8 Å². The molecule has 2 aromatic heterocycles. The van der Waals surface area contributed by atoms with Crippen LogP contribution in [0, 0.1) is 20.8 Å². The highest BCUT2D eigenvalue weighted by molar-refractivity contribution is 8.00. The van der Waals surface area contributed by atoms with E-state index in [-0.39, 0.29) is 18.2 Å². The Morgan fingerprint density at radius 3 is 2.74 bits per heavy atom. The summed E-state index contributed by atoms with van der Waals surface area (Å²) in [4.78, 5) is 31.1. The lowest BCUT2D eigenvalue weighted by atomic mass is 10.2. The first-order chi connectivity index (χ1) is 12.9. The van der Waals surface area contributed by atoms with Gasteiger partial charge in [-0.15, -0.1) is 10.2 Å². The molecule has 0 bridgehead atoms. The number of hydrogen-bond acceptors (Lipinski definition) is 6. The van der Waals surface area contributed by atoms with E-state index in [2.05, 4.69) is 15.2 Å². The van der Waals surface area contributed by atoms with Crippen LogP contribution in [0.5, 0.6) is 0 Å². The zero-order chi connectivity index (χ0) is 19.3. The molecule has 1 fully saturated rings. The molecule has 0 saturated carbocycles. The van der Waals surface area contributed by atoms with Crippen molar-refractivity contribution in [3.05, 3.63) is 46.2 Å². The Kier molecular flexibility index (Phi) is 4.39. The van der Waals surface area contributed by atoms with Crippen LogP contribution in [0.2, 0.25) is 5.02 Å². The van der Waals surface area contributed by atoms with Gasteiger partial charge in [0.05, 0.1) is 5.69 Å². The molecule has 1 aromatic carbocycles. The van der Waals surface area contributed by atoms with E-state index in [9.17, 15) is 9.59 Å². The largest absolute Gasteiger partial charge is 0.274 e. The molecule has 1 aliphatic heterocycles. The zero-order valence-electron chi connectivity index (χ0n) is 14.9. The van der Waals surface area contributed by atoms with E-state index in [4.69, 9.17) is 11.6 Å². The van der Waals surface area contributed by atoms with Crippen LogP contribution in [0.1, 0.15) is 23.4 Å². The lowest BCUT2D eigenvalue weighted by Gasteiger charge is -2.17. The summed E-state index contributed by atoms with van der Waals surface area (Å²) in [5, 5.41) is 8.74. The summed E-state index contributed by atoms with van der Waals surface area (Å²) in [6, 6.07) is 7.11. The first-order valence-electron chi connectivity index (χ1n) is 8.34. The smallest absolute Gasteiger partial charge is 0.256 e.